The number of aromatic nitrogens is 1. The highest BCUT2D eigenvalue weighted by Crippen LogP contribution is 2.19. The molecule has 0 saturated carbocycles. The molecule has 1 aromatic heterocycles. The molecule has 0 aliphatic heterocycles. The highest BCUT2D eigenvalue weighted by atomic mass is 16.4. The summed E-state index contributed by atoms with van der Waals surface area (Å²) in [7, 11) is 0. The number of fused-ring (bicyclic) bond motifs is 1. The quantitative estimate of drug-likeness (QED) is 0.155. The van der Waals surface area contributed by atoms with Crippen LogP contribution in [0, 0.1) is 5.92 Å². The van der Waals surface area contributed by atoms with Crippen LogP contribution < -0.4 is 27.4 Å². The first-order valence-electron chi connectivity index (χ1n) is 11.7. The molecule has 1 aromatic carbocycles. The van der Waals surface area contributed by atoms with Crippen molar-refractivity contribution in [3.05, 3.63) is 36.0 Å². The van der Waals surface area contributed by atoms with Gasteiger partial charge in [0, 0.05) is 23.5 Å². The highest BCUT2D eigenvalue weighted by molar-refractivity contribution is 5.95. The summed E-state index contributed by atoms with van der Waals surface area (Å²) >= 11 is 0. The van der Waals surface area contributed by atoms with Crippen molar-refractivity contribution in [2.24, 2.45) is 17.4 Å². The van der Waals surface area contributed by atoms with Crippen LogP contribution in [0.25, 0.3) is 10.9 Å². The van der Waals surface area contributed by atoms with E-state index in [0.717, 1.165) is 10.9 Å². The van der Waals surface area contributed by atoms with E-state index in [1.165, 1.54) is 6.92 Å². The van der Waals surface area contributed by atoms with E-state index in [0.29, 0.717) is 5.56 Å². The average Bonchev–Trinajstić information content (AvgIpc) is 3.21. The van der Waals surface area contributed by atoms with Gasteiger partial charge in [0.15, 0.2) is 0 Å². The van der Waals surface area contributed by atoms with E-state index in [1.807, 2.05) is 24.3 Å². The average molecular weight is 519 g/mol. The van der Waals surface area contributed by atoms with Crippen LogP contribution in [0.3, 0.4) is 0 Å². The van der Waals surface area contributed by atoms with E-state index in [-0.39, 0.29) is 6.42 Å². The third-order valence-corrected chi connectivity index (χ3v) is 5.78. The number of benzene rings is 1. The van der Waals surface area contributed by atoms with Gasteiger partial charge in [-0.3, -0.25) is 19.2 Å². The molecule has 1 heterocycles. The molecule has 0 fully saturated rings. The summed E-state index contributed by atoms with van der Waals surface area (Å²) in [5, 5.41) is 27.8. The second-order valence-corrected chi connectivity index (χ2v) is 9.20. The molecule has 37 heavy (non-hydrogen) atoms. The monoisotopic (exact) mass is 518 g/mol. The minimum absolute atomic E-state index is 0.00600. The number of aliphatic hydroxyl groups is 1. The van der Waals surface area contributed by atoms with E-state index >= 15 is 0 Å². The van der Waals surface area contributed by atoms with E-state index in [2.05, 4.69) is 20.9 Å². The first kappa shape index (κ1) is 29.3. The number of nitrogens with two attached hydrogens (primary N) is 2. The van der Waals surface area contributed by atoms with E-state index in [4.69, 9.17) is 11.5 Å². The number of carbonyl (C=O) groups excluding carboxylic acids is 4. The number of primary amides is 1. The van der Waals surface area contributed by atoms with Crippen molar-refractivity contribution < 1.29 is 34.2 Å². The summed E-state index contributed by atoms with van der Waals surface area (Å²) in [4.78, 5) is 64.2. The molecular formula is C24H34N6O7. The van der Waals surface area contributed by atoms with Crippen LogP contribution in [-0.4, -0.2) is 75.1 Å². The molecule has 2 aromatic rings. The van der Waals surface area contributed by atoms with E-state index in [1.54, 1.807) is 20.0 Å². The van der Waals surface area contributed by atoms with Gasteiger partial charge in [-0.2, -0.15) is 0 Å². The second-order valence-electron chi connectivity index (χ2n) is 9.20. The highest BCUT2D eigenvalue weighted by Gasteiger charge is 2.34. The lowest BCUT2D eigenvalue weighted by atomic mass is 10.00. The summed E-state index contributed by atoms with van der Waals surface area (Å²) in [5.74, 6) is -5.10. The van der Waals surface area contributed by atoms with Crippen LogP contribution >= 0.6 is 0 Å². The topological polar surface area (TPSA) is 230 Å². The third kappa shape index (κ3) is 8.02. The SMILES string of the molecule is CC(C)C(NC(=O)C(NC(=O)C(N)CC(N)=O)C(C)O)C(=O)NC(Cc1c[nH]c2ccccc12)C(=O)O. The van der Waals surface area contributed by atoms with Crippen molar-refractivity contribution in [2.75, 3.05) is 0 Å². The molecule has 4 amide bonds. The Morgan fingerprint density at radius 1 is 0.946 bits per heavy atom. The Hall–Kier alpha value is -3.97. The van der Waals surface area contributed by atoms with Gasteiger partial charge in [-0.05, 0) is 24.5 Å². The smallest absolute Gasteiger partial charge is 0.326 e. The Kier molecular flexibility index (Phi) is 10.1. The van der Waals surface area contributed by atoms with Crippen molar-refractivity contribution in [1.82, 2.24) is 20.9 Å². The van der Waals surface area contributed by atoms with Gasteiger partial charge in [0.25, 0.3) is 0 Å². The number of H-pyrrole nitrogens is 1. The number of carboxylic acids is 1. The Balaban J connectivity index is 2.14. The van der Waals surface area contributed by atoms with Crippen molar-refractivity contribution in [2.45, 2.75) is 63.9 Å². The molecule has 0 aliphatic carbocycles. The van der Waals surface area contributed by atoms with Crippen LogP contribution in [0.2, 0.25) is 0 Å². The number of aliphatic hydroxyl groups excluding tert-OH is 1. The summed E-state index contributed by atoms with van der Waals surface area (Å²) in [6.07, 6.45) is -0.181. The number of hydrogen-bond donors (Lipinski definition) is 8. The predicted octanol–water partition coefficient (Wildman–Crippen LogP) is -1.51. The molecular weight excluding hydrogens is 484 g/mol. The molecule has 13 heteroatoms. The van der Waals surface area contributed by atoms with Gasteiger partial charge in [0.05, 0.1) is 18.6 Å². The van der Waals surface area contributed by atoms with E-state index < -0.39 is 72.2 Å². The second kappa shape index (κ2) is 12.8. The molecule has 0 saturated heterocycles. The number of carbonyl (C=O) groups is 5. The van der Waals surface area contributed by atoms with Crippen LogP contribution in [0.15, 0.2) is 30.5 Å². The summed E-state index contributed by atoms with van der Waals surface area (Å²) in [6.45, 7) is 4.52. The third-order valence-electron chi connectivity index (χ3n) is 5.78. The number of aliphatic carboxylic acids is 1. The number of aromatic amines is 1. The Morgan fingerprint density at radius 2 is 1.54 bits per heavy atom. The molecule has 0 radical (unpaired) electrons. The van der Waals surface area contributed by atoms with Gasteiger partial charge >= 0.3 is 5.97 Å². The maximum absolute atomic E-state index is 13.1. The lowest BCUT2D eigenvalue weighted by Crippen LogP contribution is -2.61. The number of nitrogens with one attached hydrogen (secondary N) is 4. The number of rotatable bonds is 13. The first-order valence-corrected chi connectivity index (χ1v) is 11.7. The zero-order chi connectivity index (χ0) is 27.9. The maximum Gasteiger partial charge on any atom is 0.326 e. The van der Waals surface area contributed by atoms with Crippen molar-refractivity contribution in [3.8, 4) is 0 Å². The van der Waals surface area contributed by atoms with Crippen LogP contribution in [0.1, 0.15) is 32.8 Å². The molecule has 10 N–H and O–H groups in total. The van der Waals surface area contributed by atoms with Gasteiger partial charge in [-0.25, -0.2) is 4.79 Å². The molecule has 202 valence electrons. The van der Waals surface area contributed by atoms with Crippen molar-refractivity contribution in [3.63, 3.8) is 0 Å². The number of para-hydroxylation sites is 1. The Morgan fingerprint density at radius 3 is 2.11 bits per heavy atom. The summed E-state index contributed by atoms with van der Waals surface area (Å²) < 4.78 is 0. The lowest BCUT2D eigenvalue weighted by Gasteiger charge is -2.28. The molecule has 0 aliphatic rings. The van der Waals surface area contributed by atoms with E-state index in [9.17, 15) is 34.2 Å². The molecule has 2 rings (SSSR count). The minimum Gasteiger partial charge on any atom is -0.480 e. The largest absolute Gasteiger partial charge is 0.480 e. The van der Waals surface area contributed by atoms with Gasteiger partial charge in [0.2, 0.25) is 23.6 Å². The Bertz CT molecular complexity index is 1150. The predicted molar refractivity (Wildman–Crippen MR) is 134 cm³/mol. The zero-order valence-electron chi connectivity index (χ0n) is 20.9. The van der Waals surface area contributed by atoms with Crippen molar-refractivity contribution >= 4 is 40.5 Å². The first-order chi connectivity index (χ1) is 17.3. The number of amides is 4. The summed E-state index contributed by atoms with van der Waals surface area (Å²) in [6, 6.07) is 2.02. The fourth-order valence-corrected chi connectivity index (χ4v) is 3.73. The lowest BCUT2D eigenvalue weighted by molar-refractivity contribution is -0.142. The molecule has 5 atom stereocenters. The normalized spacial score (nSPS) is 15.3. The molecule has 0 spiro atoms. The van der Waals surface area contributed by atoms with Crippen LogP contribution in [-0.2, 0) is 30.4 Å². The van der Waals surface area contributed by atoms with Gasteiger partial charge in [-0.15, -0.1) is 0 Å². The standard InChI is InChI=1S/C24H34N6O7/c1-11(2)19(29-23(35)20(12(3)31)30-21(33)15(25)9-18(26)32)22(34)28-17(24(36)37)8-13-10-27-16-7-5-4-6-14(13)16/h4-7,10-12,15,17,19-20,27,31H,8-9,25H2,1-3H3,(H2,26,32)(H,28,34)(H,29,35)(H,30,33)(H,36,37). The van der Waals surface area contributed by atoms with Crippen molar-refractivity contribution in [1.29, 1.82) is 0 Å². The van der Waals surface area contributed by atoms with Gasteiger partial charge in [-0.1, -0.05) is 32.0 Å². The molecule has 13 nitrogen and oxygen atoms in total. The fraction of sp³-hybridized carbons (Fsp3) is 0.458. The van der Waals surface area contributed by atoms with Gasteiger partial charge in [0.1, 0.15) is 18.1 Å². The Labute approximate surface area is 213 Å². The number of carboxylic acid groups (broad SMARTS) is 1. The summed E-state index contributed by atoms with van der Waals surface area (Å²) in [5.41, 5.74) is 12.1. The molecule has 5 unspecified atom stereocenters. The molecule has 0 bridgehead atoms. The maximum atomic E-state index is 13.1. The van der Waals surface area contributed by atoms with Crippen LogP contribution in [0.5, 0.6) is 0 Å². The van der Waals surface area contributed by atoms with Crippen LogP contribution in [0.4, 0.5) is 0 Å². The zero-order valence-corrected chi connectivity index (χ0v) is 20.9. The fourth-order valence-electron chi connectivity index (χ4n) is 3.73. The number of hydrogen-bond acceptors (Lipinski definition) is 7. The minimum atomic E-state index is -1.50. The van der Waals surface area contributed by atoms with Gasteiger partial charge < -0.3 is 42.6 Å².